The van der Waals surface area contributed by atoms with Crippen LogP contribution in [0.3, 0.4) is 0 Å². The van der Waals surface area contributed by atoms with Crippen molar-refractivity contribution in [2.75, 3.05) is 19.8 Å². The zero-order chi connectivity index (χ0) is 12.7. The third kappa shape index (κ3) is 7.05. The molecule has 0 amide bonds. The second-order valence-corrected chi connectivity index (χ2v) is 6.43. The Morgan fingerprint density at radius 1 is 1.29 bits per heavy atom. The van der Waals surface area contributed by atoms with E-state index < -0.39 is 0 Å². The van der Waals surface area contributed by atoms with Crippen molar-refractivity contribution in [2.24, 2.45) is 11.3 Å². The van der Waals surface area contributed by atoms with E-state index in [0.717, 1.165) is 25.8 Å². The van der Waals surface area contributed by atoms with Crippen LogP contribution in [0.25, 0.3) is 0 Å². The Hall–Kier alpha value is -0.0800. The normalized spacial score (nSPS) is 19.6. The first-order valence-corrected chi connectivity index (χ1v) is 7.37. The van der Waals surface area contributed by atoms with Crippen molar-refractivity contribution in [3.63, 3.8) is 0 Å². The number of nitrogens with one attached hydrogen (secondary N) is 1. The summed E-state index contributed by atoms with van der Waals surface area (Å²) in [5, 5.41) is 3.68. The molecule has 1 fully saturated rings. The van der Waals surface area contributed by atoms with E-state index in [4.69, 9.17) is 4.74 Å². The van der Waals surface area contributed by atoms with Crippen LogP contribution in [-0.2, 0) is 4.74 Å². The van der Waals surface area contributed by atoms with E-state index in [2.05, 4.69) is 33.0 Å². The topological polar surface area (TPSA) is 21.3 Å². The summed E-state index contributed by atoms with van der Waals surface area (Å²) in [6.45, 7) is 12.1. The second-order valence-electron chi connectivity index (χ2n) is 6.43. The molecular weight excluding hydrogens is 210 g/mol. The maximum atomic E-state index is 5.73. The smallest absolute Gasteiger partial charge is 0.0488 e. The minimum atomic E-state index is 0.425. The number of ether oxygens (including phenoxy) is 1. The van der Waals surface area contributed by atoms with Crippen LogP contribution in [0.2, 0.25) is 0 Å². The molecule has 0 aliphatic heterocycles. The maximum Gasteiger partial charge on any atom is 0.0488 e. The monoisotopic (exact) mass is 241 g/mol. The molecule has 0 aromatic heterocycles. The molecule has 102 valence electrons. The van der Waals surface area contributed by atoms with E-state index in [0.29, 0.717) is 11.3 Å². The summed E-state index contributed by atoms with van der Waals surface area (Å²) in [5.74, 6) is 0.650. The lowest BCUT2D eigenvalue weighted by molar-refractivity contribution is 0.0772. The fourth-order valence-electron chi connectivity index (χ4n) is 2.22. The Bertz CT molecular complexity index is 201. The molecule has 0 aromatic carbocycles. The first kappa shape index (κ1) is 15.0. The van der Waals surface area contributed by atoms with Crippen molar-refractivity contribution in [1.29, 1.82) is 0 Å². The van der Waals surface area contributed by atoms with Crippen LogP contribution in [0, 0.1) is 11.3 Å². The Morgan fingerprint density at radius 2 is 2.00 bits per heavy atom. The van der Waals surface area contributed by atoms with Gasteiger partial charge in [-0.25, -0.2) is 0 Å². The highest BCUT2D eigenvalue weighted by molar-refractivity contribution is 4.85. The van der Waals surface area contributed by atoms with Crippen LogP contribution in [0.4, 0.5) is 0 Å². The van der Waals surface area contributed by atoms with E-state index in [1.54, 1.807) is 0 Å². The summed E-state index contributed by atoms with van der Waals surface area (Å²) < 4.78 is 5.73. The molecular formula is C15H31NO. The summed E-state index contributed by atoms with van der Waals surface area (Å²) in [5.41, 5.74) is 0.425. The van der Waals surface area contributed by atoms with Crippen molar-refractivity contribution < 1.29 is 4.74 Å². The predicted molar refractivity (Wildman–Crippen MR) is 74.3 cm³/mol. The Balaban J connectivity index is 2.19. The zero-order valence-corrected chi connectivity index (χ0v) is 12.2. The summed E-state index contributed by atoms with van der Waals surface area (Å²) in [4.78, 5) is 0. The molecule has 1 saturated carbocycles. The van der Waals surface area contributed by atoms with Gasteiger partial charge in [0.1, 0.15) is 0 Å². The van der Waals surface area contributed by atoms with Gasteiger partial charge in [-0.05, 0) is 37.0 Å². The Kier molecular flexibility index (Phi) is 6.50. The van der Waals surface area contributed by atoms with Gasteiger partial charge in [0.15, 0.2) is 0 Å². The number of rotatable bonds is 10. The molecule has 2 heteroatoms. The van der Waals surface area contributed by atoms with E-state index >= 15 is 0 Å². The summed E-state index contributed by atoms with van der Waals surface area (Å²) in [6.07, 6.45) is 6.52. The first-order chi connectivity index (χ1) is 8.06. The van der Waals surface area contributed by atoms with E-state index in [1.165, 1.54) is 32.1 Å². The molecule has 17 heavy (non-hydrogen) atoms. The van der Waals surface area contributed by atoms with Gasteiger partial charge < -0.3 is 10.1 Å². The molecule has 1 aliphatic rings. The molecule has 2 nitrogen and oxygen atoms in total. The maximum absolute atomic E-state index is 5.73. The molecule has 1 rings (SSSR count). The zero-order valence-electron chi connectivity index (χ0n) is 12.2. The number of hydrogen-bond donors (Lipinski definition) is 1. The average molecular weight is 241 g/mol. The summed E-state index contributed by atoms with van der Waals surface area (Å²) >= 11 is 0. The van der Waals surface area contributed by atoms with Crippen molar-refractivity contribution in [2.45, 2.75) is 65.8 Å². The molecule has 1 N–H and O–H groups in total. The molecule has 0 radical (unpaired) electrons. The van der Waals surface area contributed by atoms with Crippen LogP contribution >= 0.6 is 0 Å². The van der Waals surface area contributed by atoms with Crippen molar-refractivity contribution in [3.05, 3.63) is 0 Å². The average Bonchev–Trinajstić information content (AvgIpc) is 3.06. The summed E-state index contributed by atoms with van der Waals surface area (Å²) in [7, 11) is 0. The van der Waals surface area contributed by atoms with Crippen molar-refractivity contribution in [3.8, 4) is 0 Å². The van der Waals surface area contributed by atoms with Crippen LogP contribution in [0.5, 0.6) is 0 Å². The van der Waals surface area contributed by atoms with Gasteiger partial charge in [0.2, 0.25) is 0 Å². The second kappa shape index (κ2) is 7.38. The molecule has 0 aromatic rings. The van der Waals surface area contributed by atoms with Crippen molar-refractivity contribution >= 4 is 0 Å². The molecule has 0 saturated heterocycles. The highest BCUT2D eigenvalue weighted by Crippen LogP contribution is 2.29. The van der Waals surface area contributed by atoms with Crippen LogP contribution < -0.4 is 5.32 Å². The largest absolute Gasteiger partial charge is 0.381 e. The fourth-order valence-corrected chi connectivity index (χ4v) is 2.22. The highest BCUT2D eigenvalue weighted by atomic mass is 16.5. The van der Waals surface area contributed by atoms with E-state index in [-0.39, 0.29) is 0 Å². The van der Waals surface area contributed by atoms with Gasteiger partial charge >= 0.3 is 0 Å². The first-order valence-electron chi connectivity index (χ1n) is 7.37. The van der Waals surface area contributed by atoms with Gasteiger partial charge in [0.05, 0.1) is 0 Å². The highest BCUT2D eigenvalue weighted by Gasteiger charge is 2.27. The minimum Gasteiger partial charge on any atom is -0.381 e. The Morgan fingerprint density at radius 3 is 2.53 bits per heavy atom. The predicted octanol–water partition coefficient (Wildman–Crippen LogP) is 3.61. The van der Waals surface area contributed by atoms with Gasteiger partial charge in [-0.3, -0.25) is 0 Å². The summed E-state index contributed by atoms with van der Waals surface area (Å²) in [6, 6.07) is 0.822. The quantitative estimate of drug-likeness (QED) is 0.590. The third-order valence-electron chi connectivity index (χ3n) is 3.55. The lowest BCUT2D eigenvalue weighted by Crippen LogP contribution is -2.34. The van der Waals surface area contributed by atoms with Crippen LogP contribution in [0.1, 0.15) is 59.8 Å². The molecule has 1 unspecified atom stereocenters. The van der Waals surface area contributed by atoms with Gasteiger partial charge in [-0.1, -0.05) is 34.1 Å². The fraction of sp³-hybridized carbons (Fsp3) is 1.00. The van der Waals surface area contributed by atoms with Gasteiger partial charge in [-0.15, -0.1) is 0 Å². The van der Waals surface area contributed by atoms with Gasteiger partial charge in [0.25, 0.3) is 0 Å². The van der Waals surface area contributed by atoms with Gasteiger partial charge in [0, 0.05) is 25.8 Å². The van der Waals surface area contributed by atoms with Crippen molar-refractivity contribution in [1.82, 2.24) is 5.32 Å². The molecule has 0 bridgehead atoms. The SMILES string of the molecule is CCCC(C)(CCOCC(C)C)CNC1CC1. The minimum absolute atomic E-state index is 0.425. The lowest BCUT2D eigenvalue weighted by atomic mass is 9.82. The van der Waals surface area contributed by atoms with E-state index in [1.807, 2.05) is 0 Å². The van der Waals surface area contributed by atoms with E-state index in [9.17, 15) is 0 Å². The number of hydrogen-bond acceptors (Lipinski definition) is 2. The van der Waals surface area contributed by atoms with Crippen LogP contribution in [0.15, 0.2) is 0 Å². The van der Waals surface area contributed by atoms with Gasteiger partial charge in [-0.2, -0.15) is 0 Å². The molecule has 0 heterocycles. The Labute approximate surface area is 108 Å². The third-order valence-corrected chi connectivity index (χ3v) is 3.55. The van der Waals surface area contributed by atoms with Crippen LogP contribution in [-0.4, -0.2) is 25.8 Å². The molecule has 1 aliphatic carbocycles. The standard InChI is InChI=1S/C15H31NO/c1-5-8-15(4,12-16-14-6-7-14)9-10-17-11-13(2)3/h13-14,16H,5-12H2,1-4H3. The lowest BCUT2D eigenvalue weighted by Gasteiger charge is -2.30. The molecule has 1 atom stereocenters. The molecule has 0 spiro atoms.